The van der Waals surface area contributed by atoms with Crippen LogP contribution in [0.1, 0.15) is 21.7 Å². The molecular formula is C22H21NO3S2. The van der Waals surface area contributed by atoms with Gasteiger partial charge in [0.15, 0.2) is 6.61 Å². The van der Waals surface area contributed by atoms with Gasteiger partial charge in [-0.1, -0.05) is 42.5 Å². The van der Waals surface area contributed by atoms with E-state index in [4.69, 9.17) is 4.74 Å². The maximum Gasteiger partial charge on any atom is 0.340 e. The molecule has 0 unspecified atom stereocenters. The molecule has 2 heterocycles. The highest BCUT2D eigenvalue weighted by atomic mass is 32.1. The minimum atomic E-state index is -0.490. The van der Waals surface area contributed by atoms with Crippen LogP contribution in [0.5, 0.6) is 0 Å². The second-order valence-electron chi connectivity index (χ2n) is 6.07. The van der Waals surface area contributed by atoms with Crippen LogP contribution in [-0.4, -0.2) is 25.0 Å². The van der Waals surface area contributed by atoms with Gasteiger partial charge in [-0.25, -0.2) is 4.79 Å². The van der Waals surface area contributed by atoms with Gasteiger partial charge in [-0.15, -0.1) is 22.7 Å². The van der Waals surface area contributed by atoms with E-state index in [1.165, 1.54) is 16.9 Å². The first kappa shape index (κ1) is 20.0. The minimum Gasteiger partial charge on any atom is -0.452 e. The van der Waals surface area contributed by atoms with Gasteiger partial charge < -0.3 is 10.1 Å². The lowest BCUT2D eigenvalue weighted by atomic mass is 10.1. The Hall–Kier alpha value is -2.70. The summed E-state index contributed by atoms with van der Waals surface area (Å²) in [7, 11) is 0. The van der Waals surface area contributed by atoms with Crippen LogP contribution >= 0.6 is 22.7 Å². The van der Waals surface area contributed by atoms with Gasteiger partial charge in [-0.05, 0) is 47.4 Å². The Morgan fingerprint density at radius 2 is 1.75 bits per heavy atom. The first-order valence-corrected chi connectivity index (χ1v) is 10.7. The van der Waals surface area contributed by atoms with E-state index < -0.39 is 5.97 Å². The zero-order valence-electron chi connectivity index (χ0n) is 15.3. The number of rotatable bonds is 9. The summed E-state index contributed by atoms with van der Waals surface area (Å²) in [5.74, 6) is -0.779. The van der Waals surface area contributed by atoms with Gasteiger partial charge in [0.25, 0.3) is 5.91 Å². The van der Waals surface area contributed by atoms with Crippen molar-refractivity contribution in [2.24, 2.45) is 0 Å². The summed E-state index contributed by atoms with van der Waals surface area (Å²) in [6.07, 6.45) is 3.53. The molecule has 0 aliphatic carbocycles. The predicted molar refractivity (Wildman–Crippen MR) is 115 cm³/mol. The van der Waals surface area contributed by atoms with Gasteiger partial charge >= 0.3 is 5.97 Å². The molecule has 1 N–H and O–H groups in total. The van der Waals surface area contributed by atoms with Crippen molar-refractivity contribution in [3.63, 3.8) is 0 Å². The Morgan fingerprint density at radius 3 is 2.46 bits per heavy atom. The third-order valence-electron chi connectivity index (χ3n) is 3.98. The van der Waals surface area contributed by atoms with E-state index >= 15 is 0 Å². The van der Waals surface area contributed by atoms with Crippen LogP contribution in [0.15, 0.2) is 65.4 Å². The Balaban J connectivity index is 1.47. The molecule has 0 saturated carbocycles. The molecule has 0 aliphatic rings. The molecule has 3 rings (SSSR count). The Kier molecular flexibility index (Phi) is 7.58. The molecule has 144 valence electrons. The van der Waals surface area contributed by atoms with Crippen LogP contribution in [0.25, 0.3) is 11.6 Å². The number of amides is 1. The number of ether oxygens (including phenoxy) is 1. The number of aryl methyl sites for hydroxylation is 1. The number of esters is 1. The molecule has 0 fully saturated rings. The van der Waals surface area contributed by atoms with Crippen molar-refractivity contribution in [1.82, 2.24) is 5.32 Å². The van der Waals surface area contributed by atoms with Gasteiger partial charge in [0, 0.05) is 16.3 Å². The lowest BCUT2D eigenvalue weighted by Gasteiger charge is -2.08. The lowest BCUT2D eigenvalue weighted by Crippen LogP contribution is -2.29. The maximum absolute atomic E-state index is 12.5. The summed E-state index contributed by atoms with van der Waals surface area (Å²) < 4.78 is 5.25. The van der Waals surface area contributed by atoms with Gasteiger partial charge in [0.05, 0.1) is 5.57 Å². The zero-order chi connectivity index (χ0) is 19.6. The quantitative estimate of drug-likeness (QED) is 0.317. The van der Waals surface area contributed by atoms with Crippen molar-refractivity contribution >= 4 is 46.2 Å². The number of nitrogens with one attached hydrogen (secondary N) is 1. The minimum absolute atomic E-state index is 0.280. The van der Waals surface area contributed by atoms with Crippen molar-refractivity contribution in [3.8, 4) is 0 Å². The molecule has 0 spiro atoms. The highest BCUT2D eigenvalue weighted by Crippen LogP contribution is 2.25. The second kappa shape index (κ2) is 10.6. The summed E-state index contributed by atoms with van der Waals surface area (Å²) in [6, 6.07) is 17.7. The second-order valence-corrected chi connectivity index (χ2v) is 7.99. The normalized spacial score (nSPS) is 11.2. The Labute approximate surface area is 172 Å². The number of carbonyl (C=O) groups is 2. The number of hydrogen-bond acceptors (Lipinski definition) is 5. The molecule has 0 aliphatic heterocycles. The zero-order valence-corrected chi connectivity index (χ0v) is 16.9. The molecule has 3 aromatic rings. The molecule has 0 atom stereocenters. The average Bonchev–Trinajstić information content (AvgIpc) is 3.42. The first-order valence-electron chi connectivity index (χ1n) is 8.99. The van der Waals surface area contributed by atoms with Crippen LogP contribution in [0, 0.1) is 0 Å². The fraction of sp³-hybridized carbons (Fsp3) is 0.182. The SMILES string of the molecule is O=C(COC(=O)/C(=C/c1cccs1)c1cccs1)NCCCc1ccccc1. The summed E-state index contributed by atoms with van der Waals surface area (Å²) in [5.41, 5.74) is 1.71. The fourth-order valence-electron chi connectivity index (χ4n) is 2.60. The highest BCUT2D eigenvalue weighted by molar-refractivity contribution is 7.12. The summed E-state index contributed by atoms with van der Waals surface area (Å²) >= 11 is 3.01. The van der Waals surface area contributed by atoms with E-state index in [1.54, 1.807) is 17.4 Å². The van der Waals surface area contributed by atoms with E-state index in [2.05, 4.69) is 17.4 Å². The van der Waals surface area contributed by atoms with Crippen LogP contribution < -0.4 is 5.32 Å². The number of benzene rings is 1. The fourth-order valence-corrected chi connectivity index (χ4v) is 3.99. The van der Waals surface area contributed by atoms with Crippen molar-refractivity contribution in [1.29, 1.82) is 0 Å². The maximum atomic E-state index is 12.5. The molecule has 6 heteroatoms. The molecule has 28 heavy (non-hydrogen) atoms. The van der Waals surface area contributed by atoms with E-state index in [9.17, 15) is 9.59 Å². The summed E-state index contributed by atoms with van der Waals surface area (Å²) in [5, 5.41) is 6.65. The summed E-state index contributed by atoms with van der Waals surface area (Å²) in [6.45, 7) is 0.269. The van der Waals surface area contributed by atoms with Crippen LogP contribution in [0.4, 0.5) is 0 Å². The molecule has 2 aromatic heterocycles. The van der Waals surface area contributed by atoms with E-state index in [1.807, 2.05) is 53.2 Å². The standard InChI is InChI=1S/C22H21NO3S2/c24-21(23-12-4-9-17-7-2-1-3-8-17)16-26-22(25)19(20-11-6-14-28-20)15-18-10-5-13-27-18/h1-3,5-8,10-11,13-15H,4,9,12,16H2,(H,23,24)/b19-15+. The van der Waals surface area contributed by atoms with Gasteiger partial charge in [0.1, 0.15) is 0 Å². The Bertz CT molecular complexity index is 901. The average molecular weight is 412 g/mol. The number of carbonyl (C=O) groups excluding carboxylic acids is 2. The van der Waals surface area contributed by atoms with Gasteiger partial charge in [-0.3, -0.25) is 4.79 Å². The van der Waals surface area contributed by atoms with Crippen molar-refractivity contribution in [2.45, 2.75) is 12.8 Å². The monoisotopic (exact) mass is 411 g/mol. The topological polar surface area (TPSA) is 55.4 Å². The molecular weight excluding hydrogens is 390 g/mol. The van der Waals surface area contributed by atoms with Crippen molar-refractivity contribution in [2.75, 3.05) is 13.2 Å². The van der Waals surface area contributed by atoms with Crippen molar-refractivity contribution < 1.29 is 14.3 Å². The highest BCUT2D eigenvalue weighted by Gasteiger charge is 2.16. The van der Waals surface area contributed by atoms with Crippen LogP contribution in [0.2, 0.25) is 0 Å². The number of hydrogen-bond donors (Lipinski definition) is 1. The largest absolute Gasteiger partial charge is 0.452 e. The van der Waals surface area contributed by atoms with E-state index in [0.29, 0.717) is 12.1 Å². The molecule has 0 radical (unpaired) electrons. The third-order valence-corrected chi connectivity index (χ3v) is 5.70. The molecule has 1 amide bonds. The van der Waals surface area contributed by atoms with Crippen molar-refractivity contribution in [3.05, 3.63) is 80.7 Å². The molecule has 1 aromatic carbocycles. The van der Waals surface area contributed by atoms with Crippen LogP contribution in [0.3, 0.4) is 0 Å². The summed E-state index contributed by atoms with van der Waals surface area (Å²) in [4.78, 5) is 26.3. The first-order chi connectivity index (χ1) is 13.7. The molecule has 0 saturated heterocycles. The van der Waals surface area contributed by atoms with Crippen LogP contribution in [-0.2, 0) is 20.7 Å². The lowest BCUT2D eigenvalue weighted by molar-refractivity contribution is -0.142. The van der Waals surface area contributed by atoms with E-state index in [0.717, 1.165) is 22.6 Å². The molecule has 0 bridgehead atoms. The molecule has 4 nitrogen and oxygen atoms in total. The smallest absolute Gasteiger partial charge is 0.340 e. The predicted octanol–water partition coefficient (Wildman–Crippen LogP) is 4.64. The Morgan fingerprint density at radius 1 is 0.964 bits per heavy atom. The number of thiophene rings is 2. The van der Waals surface area contributed by atoms with E-state index in [-0.39, 0.29) is 12.5 Å². The van der Waals surface area contributed by atoms with Gasteiger partial charge in [-0.2, -0.15) is 0 Å². The van der Waals surface area contributed by atoms with Gasteiger partial charge in [0.2, 0.25) is 0 Å². The third kappa shape index (κ3) is 6.18.